The van der Waals surface area contributed by atoms with Crippen molar-refractivity contribution in [1.82, 2.24) is 14.9 Å². The van der Waals surface area contributed by atoms with Gasteiger partial charge in [-0.3, -0.25) is 4.79 Å². The van der Waals surface area contributed by atoms with Gasteiger partial charge in [0.25, 0.3) is 5.91 Å². The third kappa shape index (κ3) is 3.50. The number of carbonyl (C=O) groups excluding carboxylic acids is 1. The highest BCUT2D eigenvalue weighted by Gasteiger charge is 2.38. The lowest BCUT2D eigenvalue weighted by Gasteiger charge is -2.14. The summed E-state index contributed by atoms with van der Waals surface area (Å²) in [7, 11) is 0. The topological polar surface area (TPSA) is 70.7 Å². The maximum absolute atomic E-state index is 13.2. The number of imidazole rings is 1. The molecule has 5 nitrogen and oxygen atoms in total. The van der Waals surface area contributed by atoms with Crippen LogP contribution in [0.4, 0.5) is 13.2 Å². The van der Waals surface area contributed by atoms with Gasteiger partial charge >= 0.3 is 6.18 Å². The van der Waals surface area contributed by atoms with Crippen molar-refractivity contribution < 1.29 is 18.0 Å². The molecule has 0 aliphatic heterocycles. The van der Waals surface area contributed by atoms with Gasteiger partial charge in [0.15, 0.2) is 0 Å². The number of aromatic nitrogens is 2. The zero-order valence-electron chi connectivity index (χ0n) is 13.5. The molecule has 1 aromatic heterocycles. The Morgan fingerprint density at radius 3 is 2.58 bits per heavy atom. The lowest BCUT2D eigenvalue weighted by atomic mass is 10.1. The Labute approximate surface area is 137 Å². The van der Waals surface area contributed by atoms with Gasteiger partial charge in [0.05, 0.1) is 23.0 Å². The van der Waals surface area contributed by atoms with E-state index in [4.69, 9.17) is 5.26 Å². The van der Waals surface area contributed by atoms with Gasteiger partial charge in [-0.05, 0) is 39.0 Å². The smallest absolute Gasteiger partial charge is 0.351 e. The number of hydrogen-bond donors (Lipinski definition) is 1. The fourth-order valence-electron chi connectivity index (χ4n) is 2.36. The summed E-state index contributed by atoms with van der Waals surface area (Å²) in [5, 5.41) is 11.3. The Hall–Kier alpha value is -2.56. The van der Waals surface area contributed by atoms with Crippen LogP contribution in [0.1, 0.15) is 43.0 Å². The molecule has 128 valence electrons. The summed E-state index contributed by atoms with van der Waals surface area (Å²) in [5.74, 6) is -1.79. The third-order valence-corrected chi connectivity index (χ3v) is 3.51. The number of hydrogen-bond acceptors (Lipinski definition) is 3. The summed E-state index contributed by atoms with van der Waals surface area (Å²) in [4.78, 5) is 15.7. The van der Waals surface area contributed by atoms with E-state index in [-0.39, 0.29) is 23.5 Å². The molecule has 8 heteroatoms. The molecule has 1 atom stereocenters. The Balaban J connectivity index is 2.42. The minimum atomic E-state index is -4.58. The number of halogens is 3. The van der Waals surface area contributed by atoms with Crippen LogP contribution in [-0.2, 0) is 6.18 Å². The molecule has 0 aliphatic rings. The van der Waals surface area contributed by atoms with Gasteiger partial charge in [0.1, 0.15) is 0 Å². The Kier molecular flexibility index (Phi) is 4.83. The van der Waals surface area contributed by atoms with Gasteiger partial charge in [-0.1, -0.05) is 0 Å². The lowest BCUT2D eigenvalue weighted by molar-refractivity contribution is -0.147. The SMILES string of the molecule is CC(C#N)CNC(=O)c1ccc2c(c1)nc(C(F)(F)F)n2C(C)C. The summed E-state index contributed by atoms with van der Waals surface area (Å²) in [6, 6.07) is 5.80. The second-order valence-corrected chi connectivity index (χ2v) is 5.84. The lowest BCUT2D eigenvalue weighted by Crippen LogP contribution is -2.27. The largest absolute Gasteiger partial charge is 0.449 e. The average Bonchev–Trinajstić information content (AvgIpc) is 2.91. The molecule has 0 saturated carbocycles. The van der Waals surface area contributed by atoms with E-state index in [9.17, 15) is 18.0 Å². The van der Waals surface area contributed by atoms with Gasteiger partial charge in [-0.25, -0.2) is 4.98 Å². The highest BCUT2D eigenvalue weighted by molar-refractivity contribution is 5.97. The quantitative estimate of drug-likeness (QED) is 0.927. The number of amides is 1. The number of carbonyl (C=O) groups is 1. The van der Waals surface area contributed by atoms with E-state index in [0.717, 1.165) is 4.57 Å². The third-order valence-electron chi connectivity index (χ3n) is 3.51. The minimum absolute atomic E-state index is 0.108. The Morgan fingerprint density at radius 1 is 1.38 bits per heavy atom. The molecule has 0 bridgehead atoms. The highest BCUT2D eigenvalue weighted by atomic mass is 19.4. The van der Waals surface area contributed by atoms with Gasteiger partial charge < -0.3 is 9.88 Å². The van der Waals surface area contributed by atoms with Crippen molar-refractivity contribution in [3.8, 4) is 6.07 Å². The van der Waals surface area contributed by atoms with Crippen molar-refractivity contribution in [1.29, 1.82) is 5.26 Å². The summed E-state index contributed by atoms with van der Waals surface area (Å²) in [6.07, 6.45) is -4.58. The van der Waals surface area contributed by atoms with Crippen LogP contribution in [0.5, 0.6) is 0 Å². The van der Waals surface area contributed by atoms with Gasteiger partial charge in [0.2, 0.25) is 5.82 Å². The fraction of sp³-hybridized carbons (Fsp3) is 0.438. The number of nitrogens with zero attached hydrogens (tertiary/aromatic N) is 3. The number of benzene rings is 1. The van der Waals surface area contributed by atoms with Crippen molar-refractivity contribution in [2.75, 3.05) is 6.54 Å². The van der Waals surface area contributed by atoms with Crippen LogP contribution in [0.15, 0.2) is 18.2 Å². The normalized spacial score (nSPS) is 13.1. The fourth-order valence-corrected chi connectivity index (χ4v) is 2.36. The standard InChI is InChI=1S/C16H17F3N4O/c1-9(2)23-13-5-4-11(14(24)21-8-10(3)7-20)6-12(13)22-15(23)16(17,18)19/h4-6,9-10H,8H2,1-3H3,(H,21,24). The summed E-state index contributed by atoms with van der Waals surface area (Å²) in [6.45, 7) is 5.10. The molecule has 2 aromatic rings. The number of rotatable bonds is 4. The van der Waals surface area contributed by atoms with E-state index in [0.29, 0.717) is 5.52 Å². The molecule has 1 amide bonds. The Bertz CT molecular complexity index is 802. The van der Waals surface area contributed by atoms with Crippen LogP contribution in [0.2, 0.25) is 0 Å². The molecular weight excluding hydrogens is 321 g/mol. The van der Waals surface area contributed by atoms with Crippen LogP contribution in [0, 0.1) is 17.2 Å². The second kappa shape index (κ2) is 6.51. The van der Waals surface area contributed by atoms with Crippen LogP contribution in [0.25, 0.3) is 11.0 Å². The van der Waals surface area contributed by atoms with E-state index in [2.05, 4.69) is 10.3 Å². The molecule has 1 aromatic carbocycles. The van der Waals surface area contributed by atoms with Crippen LogP contribution < -0.4 is 5.32 Å². The van der Waals surface area contributed by atoms with Gasteiger partial charge in [-0.15, -0.1) is 0 Å². The maximum atomic E-state index is 13.2. The molecule has 1 heterocycles. The number of fused-ring (bicyclic) bond motifs is 1. The number of alkyl halides is 3. The first-order chi connectivity index (χ1) is 11.1. The average molecular weight is 338 g/mol. The number of nitriles is 1. The van der Waals surface area contributed by atoms with Crippen molar-refractivity contribution in [2.24, 2.45) is 5.92 Å². The van der Waals surface area contributed by atoms with Crippen molar-refractivity contribution in [3.63, 3.8) is 0 Å². The summed E-state index contributed by atoms with van der Waals surface area (Å²) < 4.78 is 40.6. The number of nitrogens with one attached hydrogen (secondary N) is 1. The monoisotopic (exact) mass is 338 g/mol. The molecular formula is C16H17F3N4O. The molecule has 1 unspecified atom stereocenters. The first-order valence-electron chi connectivity index (χ1n) is 7.42. The van der Waals surface area contributed by atoms with Crippen molar-refractivity contribution >= 4 is 16.9 Å². The minimum Gasteiger partial charge on any atom is -0.351 e. The first-order valence-corrected chi connectivity index (χ1v) is 7.42. The maximum Gasteiger partial charge on any atom is 0.449 e. The predicted molar refractivity (Wildman–Crippen MR) is 82.2 cm³/mol. The summed E-state index contributed by atoms with van der Waals surface area (Å²) in [5.41, 5.74) is 0.631. The van der Waals surface area contributed by atoms with E-state index in [1.54, 1.807) is 20.8 Å². The van der Waals surface area contributed by atoms with Crippen LogP contribution in [-0.4, -0.2) is 22.0 Å². The summed E-state index contributed by atoms with van der Waals surface area (Å²) >= 11 is 0. The second-order valence-electron chi connectivity index (χ2n) is 5.84. The predicted octanol–water partition coefficient (Wildman–Crippen LogP) is 3.53. The van der Waals surface area contributed by atoms with Gasteiger partial charge in [0, 0.05) is 18.2 Å². The Morgan fingerprint density at radius 2 is 2.04 bits per heavy atom. The first kappa shape index (κ1) is 17.8. The molecule has 0 spiro atoms. The molecule has 24 heavy (non-hydrogen) atoms. The molecule has 0 fully saturated rings. The molecule has 0 aliphatic carbocycles. The van der Waals surface area contributed by atoms with Crippen LogP contribution >= 0.6 is 0 Å². The molecule has 0 saturated heterocycles. The van der Waals surface area contributed by atoms with E-state index in [1.807, 2.05) is 6.07 Å². The molecule has 2 rings (SSSR count). The van der Waals surface area contributed by atoms with Crippen molar-refractivity contribution in [2.45, 2.75) is 33.0 Å². The highest BCUT2D eigenvalue weighted by Crippen LogP contribution is 2.33. The molecule has 1 N–H and O–H groups in total. The van der Waals surface area contributed by atoms with Gasteiger partial charge in [-0.2, -0.15) is 18.4 Å². The van der Waals surface area contributed by atoms with Crippen molar-refractivity contribution in [3.05, 3.63) is 29.6 Å². The van der Waals surface area contributed by atoms with E-state index in [1.165, 1.54) is 18.2 Å². The zero-order valence-corrected chi connectivity index (χ0v) is 13.5. The van der Waals surface area contributed by atoms with E-state index < -0.39 is 23.9 Å². The van der Waals surface area contributed by atoms with Crippen LogP contribution in [0.3, 0.4) is 0 Å². The zero-order chi connectivity index (χ0) is 18.1. The van der Waals surface area contributed by atoms with E-state index >= 15 is 0 Å². The molecule has 0 radical (unpaired) electrons.